The van der Waals surface area contributed by atoms with E-state index in [1.54, 1.807) is 63.2 Å². The van der Waals surface area contributed by atoms with E-state index in [0.29, 0.717) is 22.0 Å². The van der Waals surface area contributed by atoms with Gasteiger partial charge < -0.3 is 10.1 Å². The molecule has 0 aliphatic heterocycles. The molecule has 2 aromatic carbocycles. The first-order chi connectivity index (χ1) is 11.6. The average Bonchev–Trinajstić information content (AvgIpc) is 2.48. The van der Waals surface area contributed by atoms with E-state index in [1.165, 1.54) is 0 Å². The van der Waals surface area contributed by atoms with Crippen molar-refractivity contribution in [3.63, 3.8) is 0 Å². The Morgan fingerprint density at radius 2 is 1.76 bits per heavy atom. The molecule has 0 aromatic heterocycles. The third kappa shape index (κ3) is 5.80. The van der Waals surface area contributed by atoms with Crippen LogP contribution in [0.3, 0.4) is 0 Å². The number of halogens is 1. The molecule has 0 atom stereocenters. The molecule has 2 N–H and O–H groups in total. The van der Waals surface area contributed by atoms with Crippen LogP contribution in [0.1, 0.15) is 36.7 Å². The molecule has 2 rings (SSSR count). The maximum Gasteiger partial charge on any atom is 0.412 e. The summed E-state index contributed by atoms with van der Waals surface area (Å²) >= 11 is 5.92. The van der Waals surface area contributed by atoms with E-state index in [-0.39, 0.29) is 5.91 Å². The van der Waals surface area contributed by atoms with Crippen molar-refractivity contribution in [1.82, 2.24) is 0 Å². The zero-order valence-corrected chi connectivity index (χ0v) is 15.4. The highest BCUT2D eigenvalue weighted by Crippen LogP contribution is 2.21. The number of hydrogen-bond acceptors (Lipinski definition) is 3. The lowest BCUT2D eigenvalue weighted by Crippen LogP contribution is -2.27. The van der Waals surface area contributed by atoms with Gasteiger partial charge in [0.15, 0.2) is 0 Å². The molecule has 0 saturated heterocycles. The van der Waals surface area contributed by atoms with Crippen LogP contribution < -0.4 is 10.6 Å². The molecular formula is C19H21ClN2O3. The van der Waals surface area contributed by atoms with Crippen LogP contribution in [0.5, 0.6) is 0 Å². The quantitative estimate of drug-likeness (QED) is 0.785. The van der Waals surface area contributed by atoms with Gasteiger partial charge in [0.25, 0.3) is 5.91 Å². The van der Waals surface area contributed by atoms with E-state index in [2.05, 4.69) is 10.6 Å². The minimum Gasteiger partial charge on any atom is -0.444 e. The van der Waals surface area contributed by atoms with Crippen LogP contribution in [0.25, 0.3) is 0 Å². The van der Waals surface area contributed by atoms with Crippen LogP contribution in [-0.4, -0.2) is 17.6 Å². The summed E-state index contributed by atoms with van der Waals surface area (Å²) in [4.78, 5) is 24.3. The summed E-state index contributed by atoms with van der Waals surface area (Å²) in [6, 6.07) is 11.9. The third-order valence-corrected chi connectivity index (χ3v) is 3.44. The molecule has 5 nitrogen and oxygen atoms in total. The summed E-state index contributed by atoms with van der Waals surface area (Å²) < 4.78 is 5.20. The number of anilines is 2. The van der Waals surface area contributed by atoms with E-state index in [0.717, 1.165) is 5.56 Å². The topological polar surface area (TPSA) is 67.4 Å². The summed E-state index contributed by atoms with van der Waals surface area (Å²) in [5, 5.41) is 6.06. The number of hydrogen-bond donors (Lipinski definition) is 2. The van der Waals surface area contributed by atoms with E-state index >= 15 is 0 Å². The van der Waals surface area contributed by atoms with Gasteiger partial charge in [-0.2, -0.15) is 0 Å². The van der Waals surface area contributed by atoms with Crippen LogP contribution >= 0.6 is 11.6 Å². The average molecular weight is 361 g/mol. The van der Waals surface area contributed by atoms with Gasteiger partial charge in [0.1, 0.15) is 5.60 Å². The number of carbonyl (C=O) groups is 2. The number of ether oxygens (including phenoxy) is 1. The van der Waals surface area contributed by atoms with Gasteiger partial charge >= 0.3 is 6.09 Å². The Bertz CT molecular complexity index is 797. The Morgan fingerprint density at radius 1 is 1.04 bits per heavy atom. The molecule has 6 heteroatoms. The SMILES string of the molecule is Cc1cc(Cl)ccc1NC(=O)c1cccc(NC(=O)OC(C)(C)C)c1. The zero-order chi connectivity index (χ0) is 18.6. The number of carbonyl (C=O) groups excluding carboxylic acids is 2. The fraction of sp³-hybridized carbons (Fsp3) is 0.263. The number of rotatable bonds is 3. The van der Waals surface area contributed by atoms with Gasteiger partial charge in [-0.25, -0.2) is 4.79 Å². The molecule has 0 unspecified atom stereocenters. The summed E-state index contributed by atoms with van der Waals surface area (Å²) in [6.45, 7) is 7.21. The van der Waals surface area contributed by atoms with Crippen LogP contribution in [0.2, 0.25) is 5.02 Å². The van der Waals surface area contributed by atoms with Gasteiger partial charge in [-0.3, -0.25) is 10.1 Å². The number of benzene rings is 2. The third-order valence-electron chi connectivity index (χ3n) is 3.21. The minimum atomic E-state index is -0.592. The fourth-order valence-electron chi connectivity index (χ4n) is 2.12. The highest BCUT2D eigenvalue weighted by Gasteiger charge is 2.16. The van der Waals surface area contributed by atoms with E-state index in [1.807, 2.05) is 6.92 Å². The molecular weight excluding hydrogens is 340 g/mol. The van der Waals surface area contributed by atoms with Crippen LogP contribution in [0.15, 0.2) is 42.5 Å². The predicted octanol–water partition coefficient (Wildman–Crippen LogP) is 5.25. The zero-order valence-electron chi connectivity index (χ0n) is 14.6. The van der Waals surface area contributed by atoms with Crippen molar-refractivity contribution in [2.24, 2.45) is 0 Å². The van der Waals surface area contributed by atoms with Crippen molar-refractivity contribution >= 4 is 35.0 Å². The van der Waals surface area contributed by atoms with Crippen molar-refractivity contribution in [2.45, 2.75) is 33.3 Å². The monoisotopic (exact) mass is 360 g/mol. The molecule has 0 fully saturated rings. The van der Waals surface area contributed by atoms with Gasteiger partial charge in [0, 0.05) is 22.0 Å². The maximum atomic E-state index is 12.4. The molecule has 2 amide bonds. The lowest BCUT2D eigenvalue weighted by Gasteiger charge is -2.19. The van der Waals surface area contributed by atoms with Crippen molar-refractivity contribution < 1.29 is 14.3 Å². The van der Waals surface area contributed by atoms with Crippen molar-refractivity contribution in [3.05, 3.63) is 58.6 Å². The van der Waals surface area contributed by atoms with E-state index < -0.39 is 11.7 Å². The maximum absolute atomic E-state index is 12.4. The molecule has 0 heterocycles. The second-order valence-corrected chi connectivity index (χ2v) is 7.06. The van der Waals surface area contributed by atoms with Gasteiger partial charge in [0.05, 0.1) is 0 Å². The highest BCUT2D eigenvalue weighted by atomic mass is 35.5. The second-order valence-electron chi connectivity index (χ2n) is 6.62. The van der Waals surface area contributed by atoms with Gasteiger partial charge in [0.2, 0.25) is 0 Å². The Morgan fingerprint density at radius 3 is 2.40 bits per heavy atom. The van der Waals surface area contributed by atoms with Crippen LogP contribution in [-0.2, 0) is 4.74 Å². The first-order valence-electron chi connectivity index (χ1n) is 7.81. The van der Waals surface area contributed by atoms with Crippen molar-refractivity contribution in [2.75, 3.05) is 10.6 Å². The lowest BCUT2D eigenvalue weighted by atomic mass is 10.1. The van der Waals surface area contributed by atoms with Gasteiger partial charge in [-0.15, -0.1) is 0 Å². The number of aryl methyl sites for hydroxylation is 1. The molecule has 0 bridgehead atoms. The second kappa shape index (κ2) is 7.57. The Kier molecular flexibility index (Phi) is 5.69. The Hall–Kier alpha value is -2.53. The van der Waals surface area contributed by atoms with Gasteiger partial charge in [-0.1, -0.05) is 17.7 Å². The normalized spacial score (nSPS) is 10.9. The molecule has 0 radical (unpaired) electrons. The molecule has 0 aliphatic carbocycles. The summed E-state index contributed by atoms with van der Waals surface area (Å²) in [6.07, 6.45) is -0.571. The standard InChI is InChI=1S/C19H21ClN2O3/c1-12-10-14(20)8-9-16(12)22-17(23)13-6-5-7-15(11-13)21-18(24)25-19(2,3)4/h5-11H,1-4H3,(H,21,24)(H,22,23). The molecule has 0 spiro atoms. The van der Waals surface area contributed by atoms with Crippen LogP contribution in [0.4, 0.5) is 16.2 Å². The molecule has 0 saturated carbocycles. The number of nitrogens with one attached hydrogen (secondary N) is 2. The van der Waals surface area contributed by atoms with E-state index in [9.17, 15) is 9.59 Å². The first-order valence-corrected chi connectivity index (χ1v) is 8.19. The highest BCUT2D eigenvalue weighted by molar-refractivity contribution is 6.30. The Balaban J connectivity index is 2.09. The summed E-state index contributed by atoms with van der Waals surface area (Å²) in [5.74, 6) is -0.279. The lowest BCUT2D eigenvalue weighted by molar-refractivity contribution is 0.0635. The smallest absolute Gasteiger partial charge is 0.412 e. The largest absolute Gasteiger partial charge is 0.444 e. The molecule has 25 heavy (non-hydrogen) atoms. The minimum absolute atomic E-state index is 0.279. The number of amides is 2. The fourth-order valence-corrected chi connectivity index (χ4v) is 2.35. The summed E-state index contributed by atoms with van der Waals surface area (Å²) in [7, 11) is 0. The first kappa shape index (κ1) is 18.8. The predicted molar refractivity (Wildman–Crippen MR) is 100 cm³/mol. The van der Waals surface area contributed by atoms with Crippen LogP contribution in [0, 0.1) is 6.92 Å². The van der Waals surface area contributed by atoms with Crippen molar-refractivity contribution in [1.29, 1.82) is 0 Å². The van der Waals surface area contributed by atoms with Gasteiger partial charge in [-0.05, 0) is 69.7 Å². The molecule has 0 aliphatic rings. The van der Waals surface area contributed by atoms with Crippen molar-refractivity contribution in [3.8, 4) is 0 Å². The Labute approximate surface area is 152 Å². The molecule has 2 aromatic rings. The molecule has 132 valence electrons. The van der Waals surface area contributed by atoms with E-state index in [4.69, 9.17) is 16.3 Å². The summed E-state index contributed by atoms with van der Waals surface area (Å²) in [5.41, 5.74) is 1.85.